The number of hydrogen-bond acceptors (Lipinski definition) is 4. The summed E-state index contributed by atoms with van der Waals surface area (Å²) in [5.41, 5.74) is 2.97. The van der Waals surface area contributed by atoms with Gasteiger partial charge in [0.25, 0.3) is 0 Å². The van der Waals surface area contributed by atoms with E-state index in [-0.39, 0.29) is 11.8 Å². The van der Waals surface area contributed by atoms with Crippen molar-refractivity contribution in [3.63, 3.8) is 0 Å². The lowest BCUT2D eigenvalue weighted by Crippen LogP contribution is -2.46. The zero-order valence-electron chi connectivity index (χ0n) is 18.0. The Bertz CT molecular complexity index is 831. The summed E-state index contributed by atoms with van der Waals surface area (Å²) in [6.07, 6.45) is 6.62. The second kappa shape index (κ2) is 9.26. The summed E-state index contributed by atoms with van der Waals surface area (Å²) in [5, 5.41) is 3.12. The maximum absolute atomic E-state index is 12.6. The molecule has 1 saturated heterocycles. The molecule has 0 unspecified atom stereocenters. The third-order valence-electron chi connectivity index (χ3n) is 6.78. The van der Waals surface area contributed by atoms with Crippen LogP contribution in [0.15, 0.2) is 18.2 Å². The topological polar surface area (TPSA) is 53.4 Å². The quantitative estimate of drug-likeness (QED) is 0.813. The molecule has 0 spiro atoms. The van der Waals surface area contributed by atoms with Crippen LogP contribution >= 0.6 is 0 Å². The van der Waals surface area contributed by atoms with Crippen LogP contribution in [0, 0.1) is 5.92 Å². The Kier molecular flexibility index (Phi) is 6.50. The van der Waals surface area contributed by atoms with Crippen molar-refractivity contribution in [2.24, 2.45) is 13.0 Å². The summed E-state index contributed by atoms with van der Waals surface area (Å²) in [7, 11) is 2.10. The first-order valence-corrected chi connectivity index (χ1v) is 11.3. The van der Waals surface area contributed by atoms with Crippen LogP contribution in [-0.4, -0.2) is 64.5 Å². The standard InChI is InChI=1S/C23H35N5O/c1-3-27-13-15-28(16-14-27)12-11-22-25-20-17-19(9-10-21(20)26(22)2)24-23(29)18-7-5-4-6-8-18/h9-10,17-18H,3-8,11-16H2,1-2H3,(H,24,29). The van der Waals surface area contributed by atoms with E-state index in [4.69, 9.17) is 4.98 Å². The number of anilines is 1. The first-order valence-electron chi connectivity index (χ1n) is 11.3. The highest BCUT2D eigenvalue weighted by molar-refractivity contribution is 5.94. The lowest BCUT2D eigenvalue weighted by atomic mass is 9.88. The molecule has 0 radical (unpaired) electrons. The van der Waals surface area contributed by atoms with E-state index in [1.807, 2.05) is 12.1 Å². The molecule has 1 aromatic carbocycles. The third kappa shape index (κ3) is 4.81. The molecule has 1 amide bonds. The highest BCUT2D eigenvalue weighted by Gasteiger charge is 2.21. The fourth-order valence-corrected chi connectivity index (χ4v) is 4.75. The second-order valence-electron chi connectivity index (χ2n) is 8.64. The van der Waals surface area contributed by atoms with Gasteiger partial charge in [-0.05, 0) is 37.6 Å². The molecule has 1 N–H and O–H groups in total. The highest BCUT2D eigenvalue weighted by atomic mass is 16.1. The van der Waals surface area contributed by atoms with E-state index in [1.165, 1.54) is 32.4 Å². The van der Waals surface area contributed by atoms with Crippen molar-refractivity contribution in [2.75, 3.05) is 44.6 Å². The Morgan fingerprint density at radius 3 is 2.55 bits per heavy atom. The van der Waals surface area contributed by atoms with Crippen LogP contribution in [0.2, 0.25) is 0 Å². The van der Waals surface area contributed by atoms with E-state index in [9.17, 15) is 4.79 Å². The van der Waals surface area contributed by atoms with Crippen molar-refractivity contribution < 1.29 is 4.79 Å². The van der Waals surface area contributed by atoms with Gasteiger partial charge >= 0.3 is 0 Å². The van der Waals surface area contributed by atoms with Gasteiger partial charge in [0, 0.05) is 57.8 Å². The molecule has 2 heterocycles. The Morgan fingerprint density at radius 1 is 1.10 bits per heavy atom. The lowest BCUT2D eigenvalue weighted by molar-refractivity contribution is -0.120. The Morgan fingerprint density at radius 2 is 1.83 bits per heavy atom. The van der Waals surface area contributed by atoms with Gasteiger partial charge in [0.2, 0.25) is 5.91 Å². The number of hydrogen-bond donors (Lipinski definition) is 1. The van der Waals surface area contributed by atoms with Gasteiger partial charge in [-0.1, -0.05) is 26.2 Å². The van der Waals surface area contributed by atoms with Crippen LogP contribution in [-0.2, 0) is 18.3 Å². The van der Waals surface area contributed by atoms with E-state index in [1.54, 1.807) is 0 Å². The number of amides is 1. The third-order valence-corrected chi connectivity index (χ3v) is 6.78. The van der Waals surface area contributed by atoms with Crippen LogP contribution in [0.5, 0.6) is 0 Å². The predicted molar refractivity (Wildman–Crippen MR) is 118 cm³/mol. The summed E-state index contributed by atoms with van der Waals surface area (Å²) in [5.74, 6) is 1.46. The number of aryl methyl sites for hydroxylation is 1. The maximum atomic E-state index is 12.6. The average Bonchev–Trinajstić information content (AvgIpc) is 3.08. The molecular weight excluding hydrogens is 362 g/mol. The maximum Gasteiger partial charge on any atom is 0.227 e. The molecule has 1 saturated carbocycles. The van der Waals surface area contributed by atoms with Gasteiger partial charge in [-0.3, -0.25) is 4.79 Å². The smallest absolute Gasteiger partial charge is 0.227 e. The minimum Gasteiger partial charge on any atom is -0.331 e. The fraction of sp³-hybridized carbons (Fsp3) is 0.652. The molecule has 2 aliphatic rings. The van der Waals surface area contributed by atoms with Gasteiger partial charge in [-0.2, -0.15) is 0 Å². The molecule has 1 aromatic heterocycles. The molecule has 0 bridgehead atoms. The number of carbonyl (C=O) groups excluding carboxylic acids is 1. The molecule has 0 atom stereocenters. The number of piperazine rings is 1. The SMILES string of the molecule is CCN1CCN(CCc2nc3cc(NC(=O)C4CCCCC4)ccc3n2C)CC1. The molecule has 2 aromatic rings. The van der Waals surface area contributed by atoms with Crippen LogP contribution < -0.4 is 5.32 Å². The fourth-order valence-electron chi connectivity index (χ4n) is 4.75. The number of benzene rings is 1. The van der Waals surface area contributed by atoms with E-state index in [0.717, 1.165) is 68.0 Å². The summed E-state index contributed by atoms with van der Waals surface area (Å²) < 4.78 is 2.20. The molecule has 6 nitrogen and oxygen atoms in total. The number of nitrogens with one attached hydrogen (secondary N) is 1. The van der Waals surface area contributed by atoms with Crippen molar-refractivity contribution in [1.29, 1.82) is 0 Å². The van der Waals surface area contributed by atoms with E-state index in [2.05, 4.69) is 39.7 Å². The molecule has 4 rings (SSSR count). The summed E-state index contributed by atoms with van der Waals surface area (Å²) in [6, 6.07) is 6.13. The number of nitrogens with zero attached hydrogens (tertiary/aromatic N) is 4. The molecule has 29 heavy (non-hydrogen) atoms. The van der Waals surface area contributed by atoms with Crippen molar-refractivity contribution in [3.05, 3.63) is 24.0 Å². The summed E-state index contributed by atoms with van der Waals surface area (Å²) >= 11 is 0. The number of rotatable bonds is 6. The van der Waals surface area contributed by atoms with Crippen LogP contribution in [0.3, 0.4) is 0 Å². The van der Waals surface area contributed by atoms with Crippen LogP contribution in [0.1, 0.15) is 44.9 Å². The zero-order valence-corrected chi connectivity index (χ0v) is 18.0. The van der Waals surface area contributed by atoms with Gasteiger partial charge in [0.15, 0.2) is 0 Å². The van der Waals surface area contributed by atoms with Gasteiger partial charge in [0.05, 0.1) is 11.0 Å². The Hall–Kier alpha value is -1.92. The number of carbonyl (C=O) groups is 1. The Labute approximate surface area is 174 Å². The molecule has 1 aliphatic carbocycles. The van der Waals surface area contributed by atoms with Gasteiger partial charge in [-0.25, -0.2) is 4.98 Å². The van der Waals surface area contributed by atoms with Gasteiger partial charge in [0.1, 0.15) is 5.82 Å². The molecule has 6 heteroatoms. The monoisotopic (exact) mass is 397 g/mol. The van der Waals surface area contributed by atoms with E-state index >= 15 is 0 Å². The first kappa shape index (κ1) is 20.4. The minimum absolute atomic E-state index is 0.173. The Balaban J connectivity index is 1.38. The number of fused-ring (bicyclic) bond motifs is 1. The minimum atomic E-state index is 0.173. The zero-order chi connectivity index (χ0) is 20.2. The van der Waals surface area contributed by atoms with Gasteiger partial charge in [-0.15, -0.1) is 0 Å². The van der Waals surface area contributed by atoms with Crippen molar-refractivity contribution in [3.8, 4) is 0 Å². The average molecular weight is 398 g/mol. The van der Waals surface area contributed by atoms with Gasteiger partial charge < -0.3 is 19.7 Å². The molecule has 1 aliphatic heterocycles. The molecular formula is C23H35N5O. The van der Waals surface area contributed by atoms with Crippen molar-refractivity contribution in [2.45, 2.75) is 45.4 Å². The highest BCUT2D eigenvalue weighted by Crippen LogP contribution is 2.26. The largest absolute Gasteiger partial charge is 0.331 e. The summed E-state index contributed by atoms with van der Waals surface area (Å²) in [6.45, 7) is 9.08. The van der Waals surface area contributed by atoms with E-state index < -0.39 is 0 Å². The normalized spacial score (nSPS) is 19.7. The lowest BCUT2D eigenvalue weighted by Gasteiger charge is -2.33. The van der Waals surface area contributed by atoms with Crippen molar-refractivity contribution >= 4 is 22.6 Å². The molecule has 2 fully saturated rings. The summed E-state index contributed by atoms with van der Waals surface area (Å²) in [4.78, 5) is 22.5. The molecule has 158 valence electrons. The number of likely N-dealkylation sites (N-methyl/N-ethyl adjacent to an activating group) is 1. The predicted octanol–water partition coefficient (Wildman–Crippen LogP) is 3.27. The van der Waals surface area contributed by atoms with E-state index in [0.29, 0.717) is 0 Å². The first-order chi connectivity index (χ1) is 14.1. The number of imidazole rings is 1. The van der Waals surface area contributed by atoms with Crippen LogP contribution in [0.25, 0.3) is 11.0 Å². The number of aromatic nitrogens is 2. The van der Waals surface area contributed by atoms with Crippen LogP contribution in [0.4, 0.5) is 5.69 Å². The second-order valence-corrected chi connectivity index (χ2v) is 8.64. The van der Waals surface area contributed by atoms with Crippen molar-refractivity contribution in [1.82, 2.24) is 19.4 Å².